The third kappa shape index (κ3) is 6.10. The molecule has 0 aromatic carbocycles. The number of aliphatic hydroxyl groups excluding tert-OH is 1. The second-order valence-electron chi connectivity index (χ2n) is 9.44. The van der Waals surface area contributed by atoms with Crippen LogP contribution in [0.1, 0.15) is 55.9 Å². The largest absolute Gasteiger partial charge is 0.481 e. The molecular weight excluding hydrogens is 546 g/mol. The fraction of sp³-hybridized carbons (Fsp3) is 0.400. The Kier molecular flexibility index (Phi) is 7.94. The minimum Gasteiger partial charge on any atom is -0.481 e. The highest BCUT2D eigenvalue weighted by molar-refractivity contribution is 7.83. The monoisotopic (exact) mass is 574 g/mol. The highest BCUT2D eigenvalue weighted by atomic mass is 32.2. The molecule has 1 saturated carbocycles. The van der Waals surface area contributed by atoms with Crippen LogP contribution in [0.4, 0.5) is 5.82 Å². The number of thiophene rings is 1. The molecule has 2 aliphatic rings. The highest BCUT2D eigenvalue weighted by Gasteiger charge is 2.35. The van der Waals surface area contributed by atoms with Gasteiger partial charge < -0.3 is 19.9 Å². The van der Waals surface area contributed by atoms with Crippen molar-refractivity contribution < 1.29 is 32.3 Å². The van der Waals surface area contributed by atoms with E-state index < -0.39 is 28.4 Å². The van der Waals surface area contributed by atoms with Crippen LogP contribution in [0, 0.1) is 19.4 Å². The molecule has 0 amide bonds. The van der Waals surface area contributed by atoms with Crippen LogP contribution in [-0.2, 0) is 21.5 Å². The number of fused-ring (bicyclic) bond motifs is 1. The van der Waals surface area contributed by atoms with Crippen LogP contribution in [0.3, 0.4) is 0 Å². The molecule has 3 aromatic rings. The van der Waals surface area contributed by atoms with Gasteiger partial charge in [-0.25, -0.2) is 15.0 Å². The molecule has 3 aromatic heterocycles. The summed E-state index contributed by atoms with van der Waals surface area (Å²) < 4.78 is 44.2. The fourth-order valence-electron chi connectivity index (χ4n) is 4.96. The van der Waals surface area contributed by atoms with Gasteiger partial charge in [0.2, 0.25) is 11.7 Å². The first kappa shape index (κ1) is 27.6. The van der Waals surface area contributed by atoms with E-state index in [4.69, 9.17) is 14.0 Å². The number of aryl methyl sites for hydroxylation is 1. The zero-order chi connectivity index (χ0) is 27.7. The van der Waals surface area contributed by atoms with Gasteiger partial charge in [-0.15, -0.1) is 11.3 Å². The average molecular weight is 575 g/mol. The Morgan fingerprint density at radius 3 is 2.90 bits per heavy atom. The Morgan fingerprint density at radius 1 is 1.31 bits per heavy atom. The number of aromatic nitrogens is 3. The molecule has 0 bridgehead atoms. The topological polar surface area (TPSA) is 173 Å². The molecule has 207 valence electrons. The van der Waals surface area contributed by atoms with Gasteiger partial charge in [0.05, 0.1) is 36.0 Å². The number of pyridine rings is 1. The number of ketones is 1. The summed E-state index contributed by atoms with van der Waals surface area (Å²) in [6, 6.07) is 5.35. The SMILES string of the molecule is COc1ccc2c(n1)[C@@H](c1cc(C(=O)c3cncnc3N[C@H]3C[C@H](O)[C@@H]([CH]NS(=O)(=O)O)C3)sc1C)OCC2. The van der Waals surface area contributed by atoms with Crippen LogP contribution >= 0.6 is 11.3 Å². The van der Waals surface area contributed by atoms with Crippen molar-refractivity contribution in [1.82, 2.24) is 19.7 Å². The first-order valence-corrected chi connectivity index (χ1v) is 14.5. The summed E-state index contributed by atoms with van der Waals surface area (Å²) in [6.45, 7) is 3.63. The molecule has 5 rings (SSSR count). The molecule has 1 radical (unpaired) electrons. The van der Waals surface area contributed by atoms with Crippen LogP contribution in [-0.4, -0.2) is 64.7 Å². The van der Waals surface area contributed by atoms with Crippen LogP contribution in [0.25, 0.3) is 0 Å². The second kappa shape index (κ2) is 11.2. The molecule has 12 nitrogen and oxygen atoms in total. The summed E-state index contributed by atoms with van der Waals surface area (Å²) in [5, 5.41) is 13.5. The Bertz CT molecular complexity index is 1480. The predicted octanol–water partition coefficient (Wildman–Crippen LogP) is 2.25. The molecule has 4 heterocycles. The number of anilines is 1. The molecule has 1 aliphatic heterocycles. The van der Waals surface area contributed by atoms with Crippen LogP contribution in [0.15, 0.2) is 30.7 Å². The predicted molar refractivity (Wildman–Crippen MR) is 142 cm³/mol. The van der Waals surface area contributed by atoms with Gasteiger partial charge in [0.1, 0.15) is 18.2 Å². The van der Waals surface area contributed by atoms with E-state index in [1.54, 1.807) is 7.11 Å². The molecular formula is C25H28N5O7S2. The number of ether oxygens (including phenoxy) is 2. The van der Waals surface area contributed by atoms with Gasteiger partial charge in [-0.3, -0.25) is 9.35 Å². The smallest absolute Gasteiger partial charge is 0.333 e. The summed E-state index contributed by atoms with van der Waals surface area (Å²) >= 11 is 1.35. The Hall–Kier alpha value is -3.01. The zero-order valence-corrected chi connectivity index (χ0v) is 22.8. The average Bonchev–Trinajstić information content (AvgIpc) is 3.47. The third-order valence-corrected chi connectivity index (χ3v) is 8.37. The van der Waals surface area contributed by atoms with Crippen molar-refractivity contribution in [1.29, 1.82) is 0 Å². The molecule has 39 heavy (non-hydrogen) atoms. The van der Waals surface area contributed by atoms with Crippen molar-refractivity contribution in [2.75, 3.05) is 19.0 Å². The van der Waals surface area contributed by atoms with Gasteiger partial charge in [0.15, 0.2) is 0 Å². The molecule has 14 heteroatoms. The van der Waals surface area contributed by atoms with Gasteiger partial charge in [0, 0.05) is 41.2 Å². The number of aliphatic hydroxyl groups is 1. The third-order valence-electron chi connectivity index (χ3n) is 6.87. The Balaban J connectivity index is 1.35. The normalized spacial score (nSPS) is 22.9. The van der Waals surface area contributed by atoms with E-state index in [9.17, 15) is 18.3 Å². The first-order valence-electron chi connectivity index (χ1n) is 12.3. The minimum absolute atomic E-state index is 0.262. The maximum atomic E-state index is 13.6. The lowest BCUT2D eigenvalue weighted by atomic mass is 9.97. The standard InChI is InChI=1S/C25H28N5O7S2/c1-13-17(24-22-14(5-6-37-24)3-4-21(30-22)36-2)9-20(38-13)23(32)18-11-26-12-27-25(18)29-16-7-15(19(31)8-16)10-28-39(33,34)35/h3-4,9-12,15-16,19,24,28,31H,5-8H2,1-2H3,(H,26,27,29)(H,33,34,35)/t15-,16-,19+,24-/m1/s1. The molecule has 0 saturated heterocycles. The number of nitrogens with zero attached hydrogens (tertiary/aromatic N) is 3. The van der Waals surface area contributed by atoms with E-state index in [2.05, 4.69) is 20.3 Å². The lowest BCUT2D eigenvalue weighted by Gasteiger charge is -2.25. The van der Waals surface area contributed by atoms with Crippen molar-refractivity contribution in [3.05, 3.63) is 69.4 Å². The number of carbonyl (C=O) groups excluding carboxylic acids is 1. The van der Waals surface area contributed by atoms with Crippen LogP contribution in [0.5, 0.6) is 5.88 Å². The van der Waals surface area contributed by atoms with Crippen LogP contribution in [0.2, 0.25) is 0 Å². The summed E-state index contributed by atoms with van der Waals surface area (Å²) in [5.41, 5.74) is 2.99. The molecule has 1 aliphatic carbocycles. The number of methoxy groups -OCH3 is 1. The van der Waals surface area contributed by atoms with Crippen molar-refractivity contribution in [2.45, 2.75) is 44.4 Å². The zero-order valence-electron chi connectivity index (χ0n) is 21.2. The fourth-order valence-corrected chi connectivity index (χ4v) is 6.31. The summed E-state index contributed by atoms with van der Waals surface area (Å²) in [5.74, 6) is 0.0189. The first-order chi connectivity index (χ1) is 18.6. The lowest BCUT2D eigenvalue weighted by Crippen LogP contribution is -2.27. The van der Waals surface area contributed by atoms with Crippen molar-refractivity contribution >= 4 is 33.2 Å². The van der Waals surface area contributed by atoms with E-state index in [1.807, 2.05) is 29.8 Å². The van der Waals surface area contributed by atoms with Crippen molar-refractivity contribution in [3.8, 4) is 5.88 Å². The van der Waals surface area contributed by atoms with E-state index >= 15 is 0 Å². The molecule has 1 fully saturated rings. The quantitative estimate of drug-likeness (QED) is 0.218. The van der Waals surface area contributed by atoms with Gasteiger partial charge >= 0.3 is 10.3 Å². The summed E-state index contributed by atoms with van der Waals surface area (Å²) in [7, 11) is -2.85. The van der Waals surface area contributed by atoms with Gasteiger partial charge in [-0.2, -0.15) is 13.1 Å². The van der Waals surface area contributed by atoms with Gasteiger partial charge in [-0.05, 0) is 37.8 Å². The van der Waals surface area contributed by atoms with E-state index in [0.717, 1.165) is 34.7 Å². The Labute approximate surface area is 229 Å². The van der Waals surface area contributed by atoms with Gasteiger partial charge in [-0.1, -0.05) is 6.07 Å². The lowest BCUT2D eigenvalue weighted by molar-refractivity contribution is 0.0658. The number of carbonyl (C=O) groups is 1. The number of hydrogen-bond donors (Lipinski definition) is 4. The van der Waals surface area contributed by atoms with E-state index in [0.29, 0.717) is 36.0 Å². The highest BCUT2D eigenvalue weighted by Crippen LogP contribution is 2.38. The minimum atomic E-state index is -4.41. The molecule has 0 spiro atoms. The molecule has 0 unspecified atom stereocenters. The summed E-state index contributed by atoms with van der Waals surface area (Å²) in [6.07, 6.45) is 2.91. The second-order valence-corrected chi connectivity index (χ2v) is 11.9. The maximum Gasteiger partial charge on any atom is 0.333 e. The van der Waals surface area contributed by atoms with E-state index in [1.165, 1.54) is 23.9 Å². The molecule has 4 atom stereocenters. The number of rotatable bonds is 9. The maximum absolute atomic E-state index is 13.6. The van der Waals surface area contributed by atoms with Crippen molar-refractivity contribution in [2.24, 2.45) is 5.92 Å². The Morgan fingerprint density at radius 2 is 2.13 bits per heavy atom. The molecule has 4 N–H and O–H groups in total. The number of nitrogens with one attached hydrogen (secondary N) is 2. The summed E-state index contributed by atoms with van der Waals surface area (Å²) in [4.78, 5) is 28.0. The van der Waals surface area contributed by atoms with Crippen molar-refractivity contribution in [3.63, 3.8) is 0 Å². The number of hydrogen-bond acceptors (Lipinski definition) is 11. The van der Waals surface area contributed by atoms with Gasteiger partial charge in [0.25, 0.3) is 0 Å². The van der Waals surface area contributed by atoms with E-state index in [-0.39, 0.29) is 17.4 Å². The van der Waals surface area contributed by atoms with Crippen LogP contribution < -0.4 is 14.8 Å².